The zero-order chi connectivity index (χ0) is 14.7. The minimum Gasteiger partial charge on any atom is -0.371 e. The summed E-state index contributed by atoms with van der Waals surface area (Å²) in [4.78, 5) is 11.0. The Kier molecular flexibility index (Phi) is 4.42. The van der Waals surface area contributed by atoms with Gasteiger partial charge in [-0.3, -0.25) is 4.90 Å². The fraction of sp³-hybridized carbons (Fsp3) is 0.588. The molecule has 0 unspecified atom stereocenters. The predicted octanol–water partition coefficient (Wildman–Crippen LogP) is 2.45. The molecule has 2 aliphatic rings. The van der Waals surface area contributed by atoms with Gasteiger partial charge >= 0.3 is 0 Å². The van der Waals surface area contributed by atoms with Crippen molar-refractivity contribution in [3.8, 4) is 0 Å². The first kappa shape index (κ1) is 14.4. The highest BCUT2D eigenvalue weighted by Crippen LogP contribution is 2.25. The van der Waals surface area contributed by atoms with Crippen LogP contribution in [0.1, 0.15) is 12.8 Å². The molecule has 2 heterocycles. The summed E-state index contributed by atoms with van der Waals surface area (Å²) in [5, 5.41) is 0. The smallest absolute Gasteiger partial charge is 0.187 e. The largest absolute Gasteiger partial charge is 0.371 e. The van der Waals surface area contributed by atoms with Crippen LogP contribution in [0, 0.1) is 6.57 Å². The lowest BCUT2D eigenvalue weighted by molar-refractivity contribution is 0.0982. The van der Waals surface area contributed by atoms with Crippen molar-refractivity contribution < 1.29 is 0 Å². The number of rotatable bonds is 2. The van der Waals surface area contributed by atoms with Crippen molar-refractivity contribution in [1.29, 1.82) is 0 Å². The Morgan fingerprint density at radius 3 is 2.14 bits per heavy atom. The van der Waals surface area contributed by atoms with Gasteiger partial charge < -0.3 is 9.80 Å². The van der Waals surface area contributed by atoms with Gasteiger partial charge in [-0.25, -0.2) is 4.85 Å². The van der Waals surface area contributed by atoms with E-state index >= 15 is 0 Å². The second-order valence-electron chi connectivity index (χ2n) is 6.19. The lowest BCUT2D eigenvalue weighted by Gasteiger charge is -2.42. The van der Waals surface area contributed by atoms with Crippen LogP contribution >= 0.6 is 0 Å². The third-order valence-electron chi connectivity index (χ3n) is 4.86. The molecule has 3 rings (SSSR count). The summed E-state index contributed by atoms with van der Waals surface area (Å²) in [6.07, 6.45) is 2.52. The van der Waals surface area contributed by atoms with E-state index in [1.165, 1.54) is 44.7 Å². The van der Waals surface area contributed by atoms with E-state index in [1.54, 1.807) is 0 Å². The van der Waals surface area contributed by atoms with Crippen LogP contribution in [-0.2, 0) is 0 Å². The molecule has 0 bridgehead atoms. The summed E-state index contributed by atoms with van der Waals surface area (Å²) in [5.74, 6) is 0. The van der Waals surface area contributed by atoms with E-state index in [9.17, 15) is 0 Å². The molecule has 1 aromatic carbocycles. The van der Waals surface area contributed by atoms with E-state index in [0.717, 1.165) is 24.8 Å². The monoisotopic (exact) mass is 284 g/mol. The lowest BCUT2D eigenvalue weighted by atomic mass is 10.0. The molecule has 4 heteroatoms. The Labute approximate surface area is 127 Å². The molecule has 2 saturated heterocycles. The normalized spacial score (nSPS) is 22.2. The minimum absolute atomic E-state index is 0.728. The molecule has 0 aromatic heterocycles. The minimum atomic E-state index is 0.728. The number of likely N-dealkylation sites (N-methyl/N-ethyl adjacent to an activating group) is 1. The third kappa shape index (κ3) is 3.37. The second kappa shape index (κ2) is 6.46. The molecule has 0 N–H and O–H groups in total. The maximum Gasteiger partial charge on any atom is 0.187 e. The summed E-state index contributed by atoms with van der Waals surface area (Å²) in [7, 11) is 2.22. The Hall–Kier alpha value is -1.57. The lowest BCUT2D eigenvalue weighted by Crippen LogP contribution is -2.52. The molecule has 0 radical (unpaired) electrons. The number of anilines is 1. The van der Waals surface area contributed by atoms with Crippen LogP contribution in [0.5, 0.6) is 0 Å². The summed E-state index contributed by atoms with van der Waals surface area (Å²) in [6, 6.07) is 8.79. The van der Waals surface area contributed by atoms with Crippen molar-refractivity contribution in [2.45, 2.75) is 18.9 Å². The maximum absolute atomic E-state index is 7.02. The summed E-state index contributed by atoms with van der Waals surface area (Å²) in [6.45, 7) is 14.1. The van der Waals surface area contributed by atoms with Crippen molar-refractivity contribution in [3.63, 3.8) is 0 Å². The Bertz CT molecular complexity index is 489. The van der Waals surface area contributed by atoms with E-state index in [4.69, 9.17) is 6.57 Å². The van der Waals surface area contributed by atoms with Crippen LogP contribution in [0.2, 0.25) is 0 Å². The van der Waals surface area contributed by atoms with Gasteiger partial charge in [-0.05, 0) is 32.0 Å². The van der Waals surface area contributed by atoms with Crippen LogP contribution in [-0.4, -0.2) is 62.2 Å². The number of benzene rings is 1. The second-order valence-corrected chi connectivity index (χ2v) is 6.19. The molecular formula is C17H24N4. The van der Waals surface area contributed by atoms with Gasteiger partial charge in [-0.2, -0.15) is 0 Å². The average Bonchev–Trinajstić information content (AvgIpc) is 2.56. The SMILES string of the molecule is [C-]#[N+]c1ccc(N2CCC(N3CCN(C)CC3)CC2)cc1. The van der Waals surface area contributed by atoms with Crippen LogP contribution in [0.3, 0.4) is 0 Å². The molecule has 112 valence electrons. The van der Waals surface area contributed by atoms with E-state index in [-0.39, 0.29) is 0 Å². The van der Waals surface area contributed by atoms with Gasteiger partial charge in [0.25, 0.3) is 0 Å². The first-order valence-electron chi connectivity index (χ1n) is 7.91. The molecule has 0 spiro atoms. The molecule has 21 heavy (non-hydrogen) atoms. The topological polar surface area (TPSA) is 14.1 Å². The van der Waals surface area contributed by atoms with Crippen molar-refractivity contribution in [3.05, 3.63) is 35.7 Å². The van der Waals surface area contributed by atoms with E-state index in [1.807, 2.05) is 12.1 Å². The molecule has 2 aliphatic heterocycles. The molecule has 4 nitrogen and oxygen atoms in total. The fourth-order valence-corrected chi connectivity index (χ4v) is 3.41. The van der Waals surface area contributed by atoms with E-state index in [2.05, 4.69) is 38.7 Å². The number of hydrogen-bond donors (Lipinski definition) is 0. The summed E-state index contributed by atoms with van der Waals surface area (Å²) < 4.78 is 0. The molecule has 2 fully saturated rings. The van der Waals surface area contributed by atoms with E-state index < -0.39 is 0 Å². The highest BCUT2D eigenvalue weighted by atomic mass is 15.3. The number of hydrogen-bond acceptors (Lipinski definition) is 3. The van der Waals surface area contributed by atoms with Crippen molar-refractivity contribution in [1.82, 2.24) is 9.80 Å². The molecule has 0 amide bonds. The number of piperidine rings is 1. The highest BCUT2D eigenvalue weighted by Gasteiger charge is 2.26. The Morgan fingerprint density at radius 1 is 0.952 bits per heavy atom. The van der Waals surface area contributed by atoms with Crippen molar-refractivity contribution >= 4 is 11.4 Å². The predicted molar refractivity (Wildman–Crippen MR) is 87.0 cm³/mol. The molecule has 0 saturated carbocycles. The molecule has 0 atom stereocenters. The van der Waals surface area contributed by atoms with Crippen molar-refractivity contribution in [2.75, 3.05) is 51.2 Å². The molecule has 1 aromatic rings. The quantitative estimate of drug-likeness (QED) is 0.775. The highest BCUT2D eigenvalue weighted by molar-refractivity contribution is 5.55. The van der Waals surface area contributed by atoms with Crippen LogP contribution in [0.25, 0.3) is 4.85 Å². The maximum atomic E-state index is 7.02. The van der Waals surface area contributed by atoms with Gasteiger partial charge in [0.05, 0.1) is 6.57 Å². The van der Waals surface area contributed by atoms with Crippen LogP contribution < -0.4 is 4.90 Å². The number of piperazine rings is 1. The summed E-state index contributed by atoms with van der Waals surface area (Å²) >= 11 is 0. The molecule has 0 aliphatic carbocycles. The Morgan fingerprint density at radius 2 is 1.57 bits per heavy atom. The van der Waals surface area contributed by atoms with Gasteiger partial charge in [0.15, 0.2) is 5.69 Å². The van der Waals surface area contributed by atoms with Crippen LogP contribution in [0.4, 0.5) is 11.4 Å². The van der Waals surface area contributed by atoms with Crippen molar-refractivity contribution in [2.24, 2.45) is 0 Å². The van der Waals surface area contributed by atoms with Gasteiger partial charge in [0, 0.05) is 51.0 Å². The van der Waals surface area contributed by atoms with Gasteiger partial charge in [0.1, 0.15) is 0 Å². The molecular weight excluding hydrogens is 260 g/mol. The third-order valence-corrected chi connectivity index (χ3v) is 4.86. The van der Waals surface area contributed by atoms with Crippen LogP contribution in [0.15, 0.2) is 24.3 Å². The van der Waals surface area contributed by atoms with E-state index in [0.29, 0.717) is 0 Å². The van der Waals surface area contributed by atoms with Gasteiger partial charge in [-0.1, -0.05) is 12.1 Å². The zero-order valence-electron chi connectivity index (χ0n) is 12.8. The summed E-state index contributed by atoms with van der Waals surface area (Å²) in [5.41, 5.74) is 1.99. The first-order valence-corrected chi connectivity index (χ1v) is 7.91. The van der Waals surface area contributed by atoms with Gasteiger partial charge in [0.2, 0.25) is 0 Å². The zero-order valence-corrected chi connectivity index (χ0v) is 12.8. The standard InChI is InChI=1S/C17H24N4/c1-18-15-3-5-16(6-4-15)20-9-7-17(8-10-20)21-13-11-19(2)12-14-21/h3-6,17H,7-14H2,2H3. The fourth-order valence-electron chi connectivity index (χ4n) is 3.41. The first-order chi connectivity index (χ1) is 10.3. The average molecular weight is 284 g/mol. The van der Waals surface area contributed by atoms with Gasteiger partial charge in [-0.15, -0.1) is 0 Å². The Balaban J connectivity index is 1.53. The number of nitrogens with zero attached hydrogens (tertiary/aromatic N) is 4.